The zero-order chi connectivity index (χ0) is 16.9. The molecule has 1 aliphatic heterocycles. The first-order valence-corrected chi connectivity index (χ1v) is 8.69. The highest BCUT2D eigenvalue weighted by Gasteiger charge is 2.36. The molecule has 3 heterocycles. The van der Waals surface area contributed by atoms with E-state index in [0.717, 1.165) is 37.1 Å². The second kappa shape index (κ2) is 7.67. The standard InChI is InChI=1S/C20H25N3O/c1-15(2)23-13-18(9-16-5-3-7-21-11-16)20(24)19(14-23)10-17-6-4-8-22-12-17/h3-8,11-12,15,18-19H,9-10,13-14H2,1-2H3. The average molecular weight is 323 g/mol. The zero-order valence-electron chi connectivity index (χ0n) is 14.4. The number of rotatable bonds is 5. The van der Waals surface area contributed by atoms with Crippen LogP contribution < -0.4 is 0 Å². The highest BCUT2D eigenvalue weighted by atomic mass is 16.1. The van der Waals surface area contributed by atoms with Crippen LogP contribution in [0.15, 0.2) is 49.1 Å². The number of carbonyl (C=O) groups is 1. The summed E-state index contributed by atoms with van der Waals surface area (Å²) in [4.78, 5) is 23.8. The Morgan fingerprint density at radius 1 is 1.00 bits per heavy atom. The van der Waals surface area contributed by atoms with Gasteiger partial charge in [0.2, 0.25) is 0 Å². The monoisotopic (exact) mass is 323 g/mol. The summed E-state index contributed by atoms with van der Waals surface area (Å²) in [5.41, 5.74) is 2.28. The lowest BCUT2D eigenvalue weighted by molar-refractivity contribution is -0.132. The largest absolute Gasteiger partial charge is 0.299 e. The van der Waals surface area contributed by atoms with Gasteiger partial charge in [-0.25, -0.2) is 0 Å². The van der Waals surface area contributed by atoms with Gasteiger partial charge in [-0.3, -0.25) is 19.7 Å². The quantitative estimate of drug-likeness (QED) is 0.849. The van der Waals surface area contributed by atoms with Crippen LogP contribution in [-0.2, 0) is 17.6 Å². The number of hydrogen-bond donors (Lipinski definition) is 0. The molecule has 0 amide bonds. The summed E-state index contributed by atoms with van der Waals surface area (Å²) in [7, 11) is 0. The third-order valence-electron chi connectivity index (χ3n) is 4.85. The number of aromatic nitrogens is 2. The molecule has 4 nitrogen and oxygen atoms in total. The predicted molar refractivity (Wildman–Crippen MR) is 94.6 cm³/mol. The van der Waals surface area contributed by atoms with E-state index >= 15 is 0 Å². The van der Waals surface area contributed by atoms with Crippen molar-refractivity contribution in [3.05, 3.63) is 60.2 Å². The van der Waals surface area contributed by atoms with E-state index in [1.165, 1.54) is 0 Å². The lowest BCUT2D eigenvalue weighted by Gasteiger charge is -2.39. The van der Waals surface area contributed by atoms with Crippen molar-refractivity contribution >= 4 is 5.78 Å². The number of pyridine rings is 2. The molecular formula is C20H25N3O. The fourth-order valence-electron chi connectivity index (χ4n) is 3.51. The molecular weight excluding hydrogens is 298 g/mol. The summed E-state index contributed by atoms with van der Waals surface area (Å²) in [5.74, 6) is 0.485. The number of piperidine rings is 1. The van der Waals surface area contributed by atoms with Gasteiger partial charge in [0.25, 0.3) is 0 Å². The predicted octanol–water partition coefficient (Wildman–Crippen LogP) is 2.79. The van der Waals surface area contributed by atoms with Crippen LogP contribution in [0.25, 0.3) is 0 Å². The van der Waals surface area contributed by atoms with Crippen molar-refractivity contribution in [2.45, 2.75) is 32.7 Å². The highest BCUT2D eigenvalue weighted by molar-refractivity contribution is 5.85. The Morgan fingerprint density at radius 3 is 1.88 bits per heavy atom. The molecule has 2 aromatic rings. The lowest BCUT2D eigenvalue weighted by Crippen LogP contribution is -2.50. The van der Waals surface area contributed by atoms with Crippen molar-refractivity contribution in [1.82, 2.24) is 14.9 Å². The summed E-state index contributed by atoms with van der Waals surface area (Å²) in [6, 6.07) is 8.45. The van der Waals surface area contributed by atoms with E-state index in [1.54, 1.807) is 12.4 Å². The number of likely N-dealkylation sites (tertiary alicyclic amines) is 1. The molecule has 24 heavy (non-hydrogen) atoms. The molecule has 1 fully saturated rings. The first-order valence-electron chi connectivity index (χ1n) is 8.69. The van der Waals surface area contributed by atoms with Crippen molar-refractivity contribution in [3.8, 4) is 0 Å². The third-order valence-corrected chi connectivity index (χ3v) is 4.85. The Bertz CT molecular complexity index is 604. The van der Waals surface area contributed by atoms with Crippen LogP contribution in [0.2, 0.25) is 0 Å². The molecule has 0 N–H and O–H groups in total. The molecule has 4 heteroatoms. The van der Waals surface area contributed by atoms with Gasteiger partial charge in [0, 0.05) is 55.8 Å². The molecule has 0 aromatic carbocycles. The van der Waals surface area contributed by atoms with Crippen molar-refractivity contribution in [2.24, 2.45) is 11.8 Å². The smallest absolute Gasteiger partial charge is 0.142 e. The van der Waals surface area contributed by atoms with Gasteiger partial charge in [-0.1, -0.05) is 12.1 Å². The minimum atomic E-state index is 0.0482. The molecule has 3 rings (SSSR count). The minimum absolute atomic E-state index is 0.0482. The molecule has 0 saturated carbocycles. The van der Waals surface area contributed by atoms with E-state index in [0.29, 0.717) is 11.8 Å². The van der Waals surface area contributed by atoms with Gasteiger partial charge in [-0.05, 0) is 49.9 Å². The molecule has 0 radical (unpaired) electrons. The summed E-state index contributed by atoms with van der Waals surface area (Å²) in [5, 5.41) is 0. The van der Waals surface area contributed by atoms with Crippen LogP contribution in [0.1, 0.15) is 25.0 Å². The normalized spacial score (nSPS) is 22.0. The topological polar surface area (TPSA) is 46.1 Å². The number of ketones is 1. The van der Waals surface area contributed by atoms with Crippen LogP contribution in [0.5, 0.6) is 0 Å². The van der Waals surface area contributed by atoms with Gasteiger partial charge >= 0.3 is 0 Å². The Hall–Kier alpha value is -2.07. The number of carbonyl (C=O) groups excluding carboxylic acids is 1. The van der Waals surface area contributed by atoms with E-state index in [4.69, 9.17) is 0 Å². The molecule has 1 aliphatic rings. The molecule has 0 spiro atoms. The third kappa shape index (κ3) is 4.06. The maximum absolute atomic E-state index is 13.0. The van der Waals surface area contributed by atoms with Gasteiger partial charge in [0.15, 0.2) is 0 Å². The average Bonchev–Trinajstić information content (AvgIpc) is 2.60. The Labute approximate surface area is 143 Å². The number of Topliss-reactive ketones (excluding diaryl/α,β-unsaturated/α-hetero) is 1. The van der Waals surface area contributed by atoms with E-state index in [2.05, 4.69) is 40.8 Å². The SMILES string of the molecule is CC(C)N1CC(Cc2cccnc2)C(=O)C(Cc2cccnc2)C1. The van der Waals surface area contributed by atoms with E-state index in [-0.39, 0.29) is 11.8 Å². The van der Waals surface area contributed by atoms with E-state index in [9.17, 15) is 4.79 Å². The van der Waals surface area contributed by atoms with E-state index < -0.39 is 0 Å². The minimum Gasteiger partial charge on any atom is -0.299 e. The van der Waals surface area contributed by atoms with Gasteiger partial charge in [0.05, 0.1) is 0 Å². The van der Waals surface area contributed by atoms with Gasteiger partial charge < -0.3 is 0 Å². The van der Waals surface area contributed by atoms with E-state index in [1.807, 2.05) is 24.5 Å². The van der Waals surface area contributed by atoms with Crippen molar-refractivity contribution in [1.29, 1.82) is 0 Å². The van der Waals surface area contributed by atoms with Crippen LogP contribution >= 0.6 is 0 Å². The molecule has 126 valence electrons. The second-order valence-corrected chi connectivity index (χ2v) is 6.97. The lowest BCUT2D eigenvalue weighted by atomic mass is 9.81. The molecule has 0 aliphatic carbocycles. The Balaban J connectivity index is 1.76. The van der Waals surface area contributed by atoms with Crippen molar-refractivity contribution < 1.29 is 4.79 Å². The second-order valence-electron chi connectivity index (χ2n) is 6.97. The number of nitrogens with zero attached hydrogens (tertiary/aromatic N) is 3. The van der Waals surface area contributed by atoms with Crippen molar-refractivity contribution in [3.63, 3.8) is 0 Å². The Morgan fingerprint density at radius 2 is 1.50 bits per heavy atom. The van der Waals surface area contributed by atoms with Gasteiger partial charge in [0.1, 0.15) is 5.78 Å². The first kappa shape index (κ1) is 16.8. The summed E-state index contributed by atoms with van der Waals surface area (Å²) < 4.78 is 0. The molecule has 0 bridgehead atoms. The summed E-state index contributed by atoms with van der Waals surface area (Å²) in [6.07, 6.45) is 8.85. The van der Waals surface area contributed by atoms with Gasteiger partial charge in [-0.2, -0.15) is 0 Å². The summed E-state index contributed by atoms with van der Waals surface area (Å²) in [6.45, 7) is 6.10. The fourth-order valence-corrected chi connectivity index (χ4v) is 3.51. The molecule has 2 unspecified atom stereocenters. The summed E-state index contributed by atoms with van der Waals surface area (Å²) >= 11 is 0. The van der Waals surface area contributed by atoms with Crippen LogP contribution in [0, 0.1) is 11.8 Å². The fraction of sp³-hybridized carbons (Fsp3) is 0.450. The van der Waals surface area contributed by atoms with Crippen molar-refractivity contribution in [2.75, 3.05) is 13.1 Å². The molecule has 2 atom stereocenters. The van der Waals surface area contributed by atoms with Gasteiger partial charge in [-0.15, -0.1) is 0 Å². The first-order chi connectivity index (χ1) is 11.6. The Kier molecular flexibility index (Phi) is 5.36. The highest BCUT2D eigenvalue weighted by Crippen LogP contribution is 2.25. The maximum Gasteiger partial charge on any atom is 0.142 e. The molecule has 1 saturated heterocycles. The maximum atomic E-state index is 13.0. The zero-order valence-corrected chi connectivity index (χ0v) is 14.4. The number of hydrogen-bond acceptors (Lipinski definition) is 4. The molecule has 2 aromatic heterocycles. The van der Waals surface area contributed by atoms with Crippen LogP contribution in [0.3, 0.4) is 0 Å². The van der Waals surface area contributed by atoms with Crippen LogP contribution in [-0.4, -0.2) is 39.8 Å². The van der Waals surface area contributed by atoms with Crippen LogP contribution in [0.4, 0.5) is 0 Å².